The van der Waals surface area contributed by atoms with E-state index in [9.17, 15) is 19.5 Å². The molecule has 1 N–H and O–H groups in total. The summed E-state index contributed by atoms with van der Waals surface area (Å²) in [6.45, 7) is 7.79. The highest BCUT2D eigenvalue weighted by molar-refractivity contribution is 6.03. The first kappa shape index (κ1) is 29.8. The van der Waals surface area contributed by atoms with Crippen molar-refractivity contribution < 1.29 is 33.7 Å². The Morgan fingerprint density at radius 3 is 2.49 bits per heavy atom. The first-order valence-electron chi connectivity index (χ1n) is 15.5. The van der Waals surface area contributed by atoms with Crippen LogP contribution in [0, 0.1) is 11.8 Å². The number of morpholine rings is 1. The number of ether oxygens (including phenoxy) is 3. The van der Waals surface area contributed by atoms with Crippen molar-refractivity contribution in [2.75, 3.05) is 77.1 Å². The summed E-state index contributed by atoms with van der Waals surface area (Å²) in [5.41, 5.74) is -0.540. The number of amides is 3. The lowest BCUT2D eigenvalue weighted by atomic mass is 9.77. The van der Waals surface area contributed by atoms with Crippen LogP contribution in [0.5, 0.6) is 5.75 Å². The third-order valence-corrected chi connectivity index (χ3v) is 9.30. The molecule has 5 heterocycles. The van der Waals surface area contributed by atoms with Gasteiger partial charge in [0.05, 0.1) is 37.8 Å². The molecule has 3 saturated heterocycles. The number of anilines is 1. The second kappa shape index (κ2) is 12.8. The van der Waals surface area contributed by atoms with Crippen LogP contribution in [0.2, 0.25) is 0 Å². The Kier molecular flexibility index (Phi) is 8.85. The SMILES string of the molecule is CCOc1ccc(N2CC=C[C@@H]3O[C@]45C=CCN(CCN6CCOCC6)C(=O)C4N(CCCCO)C(=O)[C@@H]5[C@@H]3C2=O)cc1. The molecule has 232 valence electrons. The van der Waals surface area contributed by atoms with Crippen LogP contribution in [0.4, 0.5) is 5.69 Å². The molecule has 43 heavy (non-hydrogen) atoms. The predicted octanol–water partition coefficient (Wildman–Crippen LogP) is 1.07. The van der Waals surface area contributed by atoms with Crippen molar-refractivity contribution in [3.63, 3.8) is 0 Å². The maximum atomic E-state index is 14.3. The number of likely N-dealkylation sites (tertiary alicyclic amines) is 1. The summed E-state index contributed by atoms with van der Waals surface area (Å²) in [4.78, 5) is 50.4. The van der Waals surface area contributed by atoms with Gasteiger partial charge < -0.3 is 34.0 Å². The van der Waals surface area contributed by atoms with E-state index in [4.69, 9.17) is 14.2 Å². The number of aliphatic hydroxyl groups excluding tert-OH is 1. The van der Waals surface area contributed by atoms with Gasteiger partial charge in [0.2, 0.25) is 17.7 Å². The molecule has 6 rings (SSSR count). The molecule has 1 aromatic carbocycles. The summed E-state index contributed by atoms with van der Waals surface area (Å²) in [5, 5.41) is 9.44. The van der Waals surface area contributed by atoms with E-state index in [1.54, 1.807) is 9.80 Å². The predicted molar refractivity (Wildman–Crippen MR) is 158 cm³/mol. The van der Waals surface area contributed by atoms with E-state index in [0.717, 1.165) is 25.4 Å². The Morgan fingerprint density at radius 2 is 1.74 bits per heavy atom. The van der Waals surface area contributed by atoms with Crippen molar-refractivity contribution >= 4 is 23.4 Å². The van der Waals surface area contributed by atoms with Crippen molar-refractivity contribution in [2.24, 2.45) is 11.8 Å². The summed E-state index contributed by atoms with van der Waals surface area (Å²) in [5.74, 6) is -1.48. The lowest BCUT2D eigenvalue weighted by Crippen LogP contribution is -2.56. The minimum absolute atomic E-state index is 0.00230. The highest BCUT2D eigenvalue weighted by atomic mass is 16.5. The Labute approximate surface area is 252 Å². The van der Waals surface area contributed by atoms with Crippen LogP contribution in [0.3, 0.4) is 0 Å². The van der Waals surface area contributed by atoms with Gasteiger partial charge in [0.15, 0.2) is 0 Å². The van der Waals surface area contributed by atoms with E-state index in [1.807, 2.05) is 60.4 Å². The first-order chi connectivity index (χ1) is 21.0. The number of nitrogens with zero attached hydrogens (tertiary/aromatic N) is 4. The molecule has 1 spiro atoms. The van der Waals surface area contributed by atoms with Gasteiger partial charge in [-0.15, -0.1) is 0 Å². The number of carbonyl (C=O) groups is 3. The first-order valence-corrected chi connectivity index (χ1v) is 15.5. The number of unbranched alkanes of at least 4 members (excludes halogenated alkanes) is 1. The number of benzene rings is 1. The number of hydrogen-bond donors (Lipinski definition) is 1. The smallest absolute Gasteiger partial charge is 0.249 e. The van der Waals surface area contributed by atoms with Crippen molar-refractivity contribution in [3.05, 3.63) is 48.6 Å². The minimum atomic E-state index is -1.25. The Morgan fingerprint density at radius 1 is 0.953 bits per heavy atom. The van der Waals surface area contributed by atoms with Gasteiger partial charge in [-0.1, -0.05) is 24.3 Å². The molecule has 11 nitrogen and oxygen atoms in total. The van der Waals surface area contributed by atoms with Gasteiger partial charge in [-0.2, -0.15) is 0 Å². The maximum Gasteiger partial charge on any atom is 0.249 e. The van der Waals surface area contributed by atoms with Gasteiger partial charge in [0.25, 0.3) is 0 Å². The van der Waals surface area contributed by atoms with Crippen LogP contribution in [0.25, 0.3) is 0 Å². The number of hydrogen-bond acceptors (Lipinski definition) is 8. The third-order valence-electron chi connectivity index (χ3n) is 9.30. The fraction of sp³-hybridized carbons (Fsp3) is 0.594. The molecular weight excluding hydrogens is 552 g/mol. The zero-order chi connectivity index (χ0) is 30.0. The second-order valence-corrected chi connectivity index (χ2v) is 11.7. The molecule has 0 saturated carbocycles. The van der Waals surface area contributed by atoms with Crippen LogP contribution in [0.1, 0.15) is 19.8 Å². The fourth-order valence-corrected chi connectivity index (χ4v) is 7.23. The van der Waals surface area contributed by atoms with Crippen molar-refractivity contribution in [3.8, 4) is 5.75 Å². The van der Waals surface area contributed by atoms with E-state index >= 15 is 0 Å². The normalized spacial score (nSPS) is 30.7. The number of aliphatic hydroxyl groups is 1. The fourth-order valence-electron chi connectivity index (χ4n) is 7.23. The van der Waals surface area contributed by atoms with Crippen LogP contribution in [0.15, 0.2) is 48.6 Å². The van der Waals surface area contributed by atoms with E-state index in [2.05, 4.69) is 4.90 Å². The third kappa shape index (κ3) is 5.48. The number of fused-ring (bicyclic) bond motifs is 2. The average Bonchev–Trinajstić information content (AvgIpc) is 3.33. The summed E-state index contributed by atoms with van der Waals surface area (Å²) in [6.07, 6.45) is 8.03. The van der Waals surface area contributed by atoms with Crippen LogP contribution in [-0.4, -0.2) is 128 Å². The average molecular weight is 595 g/mol. The Balaban J connectivity index is 1.30. The highest BCUT2D eigenvalue weighted by Gasteiger charge is 2.71. The monoisotopic (exact) mass is 594 g/mol. The van der Waals surface area contributed by atoms with Crippen molar-refractivity contribution in [2.45, 2.75) is 37.5 Å². The minimum Gasteiger partial charge on any atom is -0.494 e. The summed E-state index contributed by atoms with van der Waals surface area (Å²) in [7, 11) is 0. The largest absolute Gasteiger partial charge is 0.494 e. The molecule has 0 radical (unpaired) electrons. The van der Waals surface area contributed by atoms with Crippen LogP contribution >= 0.6 is 0 Å². The standard InChI is InChI=1S/C32H42N4O7/c1-2-42-24-10-8-23(9-11-24)35-15-5-7-25-26(29(35)38)27-30(39)36(14-3-4-20-37)28-31(40)34(13-6-12-32(27,28)43-25)17-16-33-18-21-41-22-19-33/h5-12,25-28,37H,2-4,13-22H2,1H3/t25-,26+,27-,28?,32-/m0/s1. The molecule has 5 aliphatic rings. The Bertz CT molecular complexity index is 1250. The van der Waals surface area contributed by atoms with E-state index in [1.165, 1.54) is 0 Å². The summed E-state index contributed by atoms with van der Waals surface area (Å²) in [6, 6.07) is 6.50. The molecular formula is C32H42N4O7. The Hall–Kier alpha value is -3.25. The zero-order valence-corrected chi connectivity index (χ0v) is 24.8. The number of rotatable bonds is 10. The van der Waals surface area contributed by atoms with E-state index in [-0.39, 0.29) is 24.3 Å². The summed E-state index contributed by atoms with van der Waals surface area (Å²) < 4.78 is 17.8. The van der Waals surface area contributed by atoms with Crippen molar-refractivity contribution in [1.29, 1.82) is 0 Å². The lowest BCUT2D eigenvalue weighted by molar-refractivity contribution is -0.147. The summed E-state index contributed by atoms with van der Waals surface area (Å²) >= 11 is 0. The van der Waals surface area contributed by atoms with Crippen LogP contribution in [-0.2, 0) is 23.9 Å². The molecule has 3 amide bonds. The van der Waals surface area contributed by atoms with Gasteiger partial charge in [0, 0.05) is 58.1 Å². The van der Waals surface area contributed by atoms with Gasteiger partial charge in [-0.05, 0) is 44.0 Å². The van der Waals surface area contributed by atoms with Gasteiger partial charge in [0.1, 0.15) is 17.4 Å². The van der Waals surface area contributed by atoms with Gasteiger partial charge >= 0.3 is 0 Å². The maximum absolute atomic E-state index is 14.3. The van der Waals surface area contributed by atoms with Gasteiger partial charge in [-0.25, -0.2) is 0 Å². The zero-order valence-electron chi connectivity index (χ0n) is 24.8. The van der Waals surface area contributed by atoms with Crippen LogP contribution < -0.4 is 9.64 Å². The van der Waals surface area contributed by atoms with Crippen molar-refractivity contribution in [1.82, 2.24) is 14.7 Å². The highest BCUT2D eigenvalue weighted by Crippen LogP contribution is 2.53. The molecule has 0 bridgehead atoms. The molecule has 3 fully saturated rings. The molecule has 5 aliphatic heterocycles. The number of carbonyl (C=O) groups excluding carboxylic acids is 3. The molecule has 0 aliphatic carbocycles. The molecule has 5 atom stereocenters. The topological polar surface area (TPSA) is 112 Å². The molecule has 0 aromatic heterocycles. The second-order valence-electron chi connectivity index (χ2n) is 11.7. The quantitative estimate of drug-likeness (QED) is 0.317. The molecule has 11 heteroatoms. The van der Waals surface area contributed by atoms with E-state index < -0.39 is 29.6 Å². The molecule has 1 aromatic rings. The van der Waals surface area contributed by atoms with E-state index in [0.29, 0.717) is 64.5 Å². The lowest BCUT2D eigenvalue weighted by Gasteiger charge is -2.36. The van der Waals surface area contributed by atoms with Gasteiger partial charge in [-0.3, -0.25) is 19.3 Å². The molecule has 1 unspecified atom stereocenters.